The van der Waals surface area contributed by atoms with Gasteiger partial charge in [-0.1, -0.05) is 13.0 Å². The van der Waals surface area contributed by atoms with Crippen molar-refractivity contribution in [1.82, 2.24) is 0 Å². The number of hydrogen-bond donors (Lipinski definition) is 1. The van der Waals surface area contributed by atoms with Crippen LogP contribution in [0.15, 0.2) is 12.2 Å². The van der Waals surface area contributed by atoms with Crippen molar-refractivity contribution in [1.29, 1.82) is 0 Å². The third-order valence-corrected chi connectivity index (χ3v) is 2.58. The quantitative estimate of drug-likeness (QED) is 0.516. The first-order chi connectivity index (χ1) is 6.20. The second-order valence-corrected chi connectivity index (χ2v) is 3.35. The van der Waals surface area contributed by atoms with Crippen LogP contribution in [0.1, 0.15) is 19.8 Å². The van der Waals surface area contributed by atoms with Crippen molar-refractivity contribution in [3.63, 3.8) is 0 Å². The van der Waals surface area contributed by atoms with Gasteiger partial charge in [0.15, 0.2) is 0 Å². The van der Waals surface area contributed by atoms with E-state index in [0.29, 0.717) is 6.29 Å². The van der Waals surface area contributed by atoms with Gasteiger partial charge in [0.05, 0.1) is 6.10 Å². The summed E-state index contributed by atoms with van der Waals surface area (Å²) < 4.78 is 0. The van der Waals surface area contributed by atoms with Gasteiger partial charge in [0, 0.05) is 18.3 Å². The van der Waals surface area contributed by atoms with E-state index in [-0.39, 0.29) is 24.0 Å². The summed E-state index contributed by atoms with van der Waals surface area (Å²) in [4.78, 5) is 21.4. The number of aliphatic hydroxyl groups is 1. The summed E-state index contributed by atoms with van der Waals surface area (Å²) in [6.07, 6.45) is 4.01. The SMILES string of the molecule is CC[C@H]1C(=O)C[C@H](O)[C@@H]1/C=C/C=O. The second-order valence-electron chi connectivity index (χ2n) is 3.35. The van der Waals surface area contributed by atoms with Crippen LogP contribution in [0.4, 0.5) is 0 Å². The molecular weight excluding hydrogens is 168 g/mol. The third kappa shape index (κ3) is 2.04. The molecule has 3 heteroatoms. The van der Waals surface area contributed by atoms with E-state index in [9.17, 15) is 14.7 Å². The molecule has 3 atom stereocenters. The zero-order chi connectivity index (χ0) is 9.84. The minimum atomic E-state index is -0.603. The highest BCUT2D eigenvalue weighted by atomic mass is 16.3. The standard InChI is InChI=1S/C10H14O3/c1-2-7-8(4-3-5-11)10(13)6-9(7)12/h3-5,7-8,10,13H,2,6H2,1H3/b4-3+/t7-,8-,10+/m1/s1. The van der Waals surface area contributed by atoms with Gasteiger partial charge in [-0.05, 0) is 12.5 Å². The molecule has 72 valence electrons. The molecule has 0 amide bonds. The molecule has 0 unspecified atom stereocenters. The number of aldehydes is 1. The molecule has 1 saturated carbocycles. The van der Waals surface area contributed by atoms with Gasteiger partial charge < -0.3 is 5.11 Å². The molecule has 0 aromatic carbocycles. The van der Waals surface area contributed by atoms with Crippen molar-refractivity contribution >= 4 is 12.1 Å². The van der Waals surface area contributed by atoms with Gasteiger partial charge in [0.1, 0.15) is 12.1 Å². The first-order valence-electron chi connectivity index (χ1n) is 4.53. The summed E-state index contributed by atoms with van der Waals surface area (Å²) in [6, 6.07) is 0. The van der Waals surface area contributed by atoms with Gasteiger partial charge in [-0.15, -0.1) is 0 Å². The predicted octanol–water partition coefficient (Wildman–Crippen LogP) is 0.718. The van der Waals surface area contributed by atoms with Crippen LogP contribution in [-0.4, -0.2) is 23.3 Å². The molecule has 0 saturated heterocycles. The zero-order valence-electron chi connectivity index (χ0n) is 7.64. The van der Waals surface area contributed by atoms with Crippen LogP contribution in [0.2, 0.25) is 0 Å². The lowest BCUT2D eigenvalue weighted by molar-refractivity contribution is -0.121. The molecular formula is C10H14O3. The van der Waals surface area contributed by atoms with E-state index in [1.807, 2.05) is 6.92 Å². The maximum absolute atomic E-state index is 11.3. The van der Waals surface area contributed by atoms with Crippen molar-refractivity contribution in [2.75, 3.05) is 0 Å². The molecule has 1 aliphatic rings. The number of Topliss-reactive ketones (excluding diaryl/α,β-unsaturated/α-hetero) is 1. The first-order valence-corrected chi connectivity index (χ1v) is 4.53. The summed E-state index contributed by atoms with van der Waals surface area (Å²) in [6.45, 7) is 1.92. The number of hydrogen-bond acceptors (Lipinski definition) is 3. The summed E-state index contributed by atoms with van der Waals surface area (Å²) >= 11 is 0. The molecule has 0 radical (unpaired) electrons. The molecule has 0 aromatic rings. The summed E-state index contributed by atoms with van der Waals surface area (Å²) in [7, 11) is 0. The summed E-state index contributed by atoms with van der Waals surface area (Å²) in [5.41, 5.74) is 0. The van der Waals surface area contributed by atoms with Gasteiger partial charge in [0.2, 0.25) is 0 Å². The fourth-order valence-corrected chi connectivity index (χ4v) is 1.91. The number of carbonyl (C=O) groups excluding carboxylic acids is 2. The Morgan fingerprint density at radius 1 is 1.62 bits per heavy atom. The molecule has 1 aliphatic carbocycles. The fraction of sp³-hybridized carbons (Fsp3) is 0.600. The highest BCUT2D eigenvalue weighted by molar-refractivity contribution is 5.84. The molecule has 0 aliphatic heterocycles. The van der Waals surface area contributed by atoms with Crippen LogP contribution in [0, 0.1) is 11.8 Å². The highest BCUT2D eigenvalue weighted by Gasteiger charge is 2.38. The average Bonchev–Trinajstić information content (AvgIpc) is 2.37. The molecule has 1 fully saturated rings. The van der Waals surface area contributed by atoms with E-state index < -0.39 is 6.10 Å². The maximum Gasteiger partial charge on any atom is 0.142 e. The Labute approximate surface area is 77.4 Å². The Morgan fingerprint density at radius 3 is 2.85 bits per heavy atom. The van der Waals surface area contributed by atoms with E-state index in [0.717, 1.165) is 6.42 Å². The van der Waals surface area contributed by atoms with Gasteiger partial charge in [-0.3, -0.25) is 9.59 Å². The van der Waals surface area contributed by atoms with E-state index in [4.69, 9.17) is 0 Å². The lowest BCUT2D eigenvalue weighted by Gasteiger charge is -2.14. The van der Waals surface area contributed by atoms with Gasteiger partial charge in [0.25, 0.3) is 0 Å². The Hall–Kier alpha value is -0.960. The van der Waals surface area contributed by atoms with E-state index in [1.54, 1.807) is 6.08 Å². The minimum absolute atomic E-state index is 0.105. The molecule has 0 spiro atoms. The van der Waals surface area contributed by atoms with Crippen LogP contribution in [0.3, 0.4) is 0 Å². The molecule has 0 bridgehead atoms. The molecule has 0 heterocycles. The van der Waals surface area contributed by atoms with Crippen molar-refractivity contribution in [2.45, 2.75) is 25.9 Å². The number of allylic oxidation sites excluding steroid dienone is 1. The Balaban J connectivity index is 2.74. The van der Waals surface area contributed by atoms with Crippen LogP contribution < -0.4 is 0 Å². The molecule has 1 N–H and O–H groups in total. The first kappa shape index (κ1) is 10.1. The van der Waals surface area contributed by atoms with Crippen molar-refractivity contribution in [3.05, 3.63) is 12.2 Å². The third-order valence-electron chi connectivity index (χ3n) is 2.58. The fourth-order valence-electron chi connectivity index (χ4n) is 1.91. The lowest BCUT2D eigenvalue weighted by atomic mass is 9.92. The van der Waals surface area contributed by atoms with Gasteiger partial charge in [-0.25, -0.2) is 0 Å². The van der Waals surface area contributed by atoms with Crippen LogP contribution in [-0.2, 0) is 9.59 Å². The van der Waals surface area contributed by atoms with Crippen molar-refractivity contribution in [2.24, 2.45) is 11.8 Å². The minimum Gasteiger partial charge on any atom is -0.392 e. The number of rotatable bonds is 3. The van der Waals surface area contributed by atoms with E-state index >= 15 is 0 Å². The number of ketones is 1. The Kier molecular flexibility index (Phi) is 3.37. The highest BCUT2D eigenvalue weighted by Crippen LogP contribution is 2.32. The molecule has 0 aromatic heterocycles. The molecule has 1 rings (SSSR count). The molecule has 3 nitrogen and oxygen atoms in total. The molecule has 13 heavy (non-hydrogen) atoms. The average molecular weight is 182 g/mol. The van der Waals surface area contributed by atoms with Crippen LogP contribution in [0.5, 0.6) is 0 Å². The predicted molar refractivity (Wildman–Crippen MR) is 48.1 cm³/mol. The second kappa shape index (κ2) is 4.33. The maximum atomic E-state index is 11.3. The van der Waals surface area contributed by atoms with E-state index in [2.05, 4.69) is 0 Å². The van der Waals surface area contributed by atoms with Gasteiger partial charge >= 0.3 is 0 Å². The smallest absolute Gasteiger partial charge is 0.142 e. The Morgan fingerprint density at radius 2 is 2.31 bits per heavy atom. The van der Waals surface area contributed by atoms with Crippen molar-refractivity contribution in [3.8, 4) is 0 Å². The largest absolute Gasteiger partial charge is 0.392 e. The van der Waals surface area contributed by atoms with Gasteiger partial charge in [-0.2, -0.15) is 0 Å². The topological polar surface area (TPSA) is 54.4 Å². The monoisotopic (exact) mass is 182 g/mol. The van der Waals surface area contributed by atoms with E-state index in [1.165, 1.54) is 6.08 Å². The number of carbonyl (C=O) groups is 2. The van der Waals surface area contributed by atoms with Crippen LogP contribution in [0.25, 0.3) is 0 Å². The summed E-state index contributed by atoms with van der Waals surface area (Å²) in [5.74, 6) is -0.163. The summed E-state index contributed by atoms with van der Waals surface area (Å²) in [5, 5.41) is 9.50. The Bertz CT molecular complexity index is 232. The van der Waals surface area contributed by atoms with Crippen LogP contribution >= 0.6 is 0 Å². The number of aliphatic hydroxyl groups excluding tert-OH is 1. The van der Waals surface area contributed by atoms with Crippen molar-refractivity contribution < 1.29 is 14.7 Å². The zero-order valence-corrected chi connectivity index (χ0v) is 7.64. The lowest BCUT2D eigenvalue weighted by Crippen LogP contribution is -2.17. The normalized spacial score (nSPS) is 34.3.